The summed E-state index contributed by atoms with van der Waals surface area (Å²) in [7, 11) is -0.300. The van der Waals surface area contributed by atoms with E-state index in [9.17, 15) is 13.9 Å². The van der Waals surface area contributed by atoms with Gasteiger partial charge in [0.15, 0.2) is 5.66 Å². The Labute approximate surface area is 271 Å². The van der Waals surface area contributed by atoms with Crippen LogP contribution in [0.25, 0.3) is 0 Å². The van der Waals surface area contributed by atoms with Crippen LogP contribution in [0.4, 0.5) is 5.69 Å². The van der Waals surface area contributed by atoms with E-state index in [0.717, 1.165) is 67.5 Å². The lowest BCUT2D eigenvalue weighted by molar-refractivity contribution is -0.993. The number of piperazine rings is 1. The summed E-state index contributed by atoms with van der Waals surface area (Å²) in [6, 6.07) is 14.0. The highest BCUT2D eigenvalue weighted by Gasteiger charge is 2.76. The molecule has 45 heavy (non-hydrogen) atoms. The number of ether oxygens (including phenoxy) is 1. The van der Waals surface area contributed by atoms with Gasteiger partial charge in [0, 0.05) is 43.1 Å². The molecule has 0 bridgehead atoms. The Bertz CT molecular complexity index is 1420. The number of nitrogens with zero attached hydrogens (tertiary/aromatic N) is 3. The molecule has 250 valence electrons. The molecular formula is C37H58N3O4S+. The normalized spacial score (nSPS) is 32.5. The summed E-state index contributed by atoms with van der Waals surface area (Å²) in [6.07, 6.45) is 9.67. The van der Waals surface area contributed by atoms with Crippen molar-refractivity contribution in [3.63, 3.8) is 0 Å². The van der Waals surface area contributed by atoms with Crippen LogP contribution in [-0.4, -0.2) is 100 Å². The fourth-order valence-electron chi connectivity index (χ4n) is 9.35. The fourth-order valence-corrected chi connectivity index (χ4v) is 12.5. The lowest BCUT2D eigenvalue weighted by Crippen LogP contribution is -2.66. The molecule has 1 spiro atoms. The molecule has 0 radical (unpaired) electrons. The molecular weight excluding hydrogens is 582 g/mol. The number of unbranched alkanes of at least 4 members (excludes halogenated alkanes) is 3. The third-order valence-corrected chi connectivity index (χ3v) is 14.8. The van der Waals surface area contributed by atoms with E-state index in [1.54, 1.807) is 6.26 Å². The van der Waals surface area contributed by atoms with Crippen molar-refractivity contribution in [2.45, 2.75) is 94.2 Å². The highest BCUT2D eigenvalue weighted by molar-refractivity contribution is 8.14. The lowest BCUT2D eigenvalue weighted by atomic mass is 9.68. The molecule has 3 unspecified atom stereocenters. The van der Waals surface area contributed by atoms with E-state index in [4.69, 9.17) is 4.74 Å². The molecule has 4 aliphatic heterocycles. The summed E-state index contributed by atoms with van der Waals surface area (Å²) in [4.78, 5) is 5.18. The van der Waals surface area contributed by atoms with Crippen molar-refractivity contribution >= 4 is 15.0 Å². The SMILES string of the molecule is CCCCC1(CCCC)CS(C)(=O)(O)c2ccc(N(C)C)cc2[C@@H](c2ccc(OCCCC[N+]34CCN5CC53CC4)cc2)[C@H]1O. The van der Waals surface area contributed by atoms with Crippen LogP contribution in [0.15, 0.2) is 47.4 Å². The van der Waals surface area contributed by atoms with E-state index in [-0.39, 0.29) is 5.75 Å². The van der Waals surface area contributed by atoms with Crippen LogP contribution in [0.5, 0.6) is 5.75 Å². The van der Waals surface area contributed by atoms with Gasteiger partial charge >= 0.3 is 0 Å². The molecule has 2 N–H and O–H groups in total. The topological polar surface area (TPSA) is 73.0 Å². The Kier molecular flexibility index (Phi) is 8.73. The Morgan fingerprint density at radius 3 is 2.31 bits per heavy atom. The summed E-state index contributed by atoms with van der Waals surface area (Å²) < 4.78 is 34.5. The van der Waals surface area contributed by atoms with Gasteiger partial charge in [-0.2, -0.15) is 9.35 Å². The number of rotatable bonds is 14. The fraction of sp³-hybridized carbons (Fsp3) is 0.676. The number of aliphatic hydroxyl groups excluding tert-OH is 1. The van der Waals surface area contributed by atoms with Gasteiger partial charge in [0.2, 0.25) is 0 Å². The first-order valence-electron chi connectivity index (χ1n) is 17.6. The van der Waals surface area contributed by atoms with Gasteiger partial charge in [0.05, 0.1) is 56.8 Å². The first kappa shape index (κ1) is 33.0. The molecule has 8 heteroatoms. The minimum atomic E-state index is -4.27. The summed E-state index contributed by atoms with van der Waals surface area (Å²) in [5.74, 6) is 0.521. The zero-order valence-electron chi connectivity index (χ0n) is 28.5. The van der Waals surface area contributed by atoms with Crippen LogP contribution in [0.1, 0.15) is 88.7 Å². The summed E-state index contributed by atoms with van der Waals surface area (Å²) >= 11 is 0. The molecule has 4 heterocycles. The van der Waals surface area contributed by atoms with Gasteiger partial charge in [0.1, 0.15) is 5.75 Å². The predicted molar refractivity (Wildman–Crippen MR) is 185 cm³/mol. The molecule has 0 aromatic heterocycles. The third-order valence-electron chi connectivity index (χ3n) is 12.1. The van der Waals surface area contributed by atoms with Crippen molar-refractivity contribution in [3.05, 3.63) is 53.6 Å². The van der Waals surface area contributed by atoms with Crippen LogP contribution < -0.4 is 9.64 Å². The van der Waals surface area contributed by atoms with Crippen LogP contribution in [-0.2, 0) is 9.35 Å². The largest absolute Gasteiger partial charge is 0.494 e. The van der Waals surface area contributed by atoms with Crippen LogP contribution >= 0.6 is 0 Å². The second kappa shape index (κ2) is 11.9. The van der Waals surface area contributed by atoms with Gasteiger partial charge in [-0.3, -0.25) is 4.55 Å². The Morgan fingerprint density at radius 1 is 1.02 bits per heavy atom. The summed E-state index contributed by atoms with van der Waals surface area (Å²) in [5.41, 5.74) is 2.57. The first-order valence-corrected chi connectivity index (χ1v) is 20.1. The maximum atomic E-state index is 14.8. The molecule has 0 amide bonds. The van der Waals surface area contributed by atoms with Crippen molar-refractivity contribution < 1.29 is 23.1 Å². The molecule has 2 aromatic rings. The third kappa shape index (κ3) is 5.77. The van der Waals surface area contributed by atoms with Crippen LogP contribution in [0, 0.1) is 5.41 Å². The number of aliphatic hydroxyl groups is 1. The minimum absolute atomic E-state index is 0.0938. The molecule has 5 atom stereocenters. The predicted octanol–water partition coefficient (Wildman–Crippen LogP) is 6.31. The summed E-state index contributed by atoms with van der Waals surface area (Å²) in [5, 5.41) is 12.5. The van der Waals surface area contributed by atoms with Crippen molar-refractivity contribution in [1.29, 1.82) is 0 Å². The quantitative estimate of drug-likeness (QED) is 0.143. The van der Waals surface area contributed by atoms with E-state index in [0.29, 0.717) is 17.2 Å². The molecule has 3 saturated heterocycles. The van der Waals surface area contributed by atoms with Gasteiger partial charge in [-0.05, 0) is 67.1 Å². The van der Waals surface area contributed by atoms with Crippen LogP contribution in [0.2, 0.25) is 0 Å². The maximum absolute atomic E-state index is 14.8. The zero-order chi connectivity index (χ0) is 32.1. The first-order chi connectivity index (χ1) is 21.4. The number of hydrogen-bond acceptors (Lipinski definition) is 5. The summed E-state index contributed by atoms with van der Waals surface area (Å²) in [6.45, 7) is 11.6. The second-order valence-corrected chi connectivity index (χ2v) is 19.0. The Hall–Kier alpha value is -1.97. The van der Waals surface area contributed by atoms with Crippen molar-refractivity contribution in [1.82, 2.24) is 4.90 Å². The van der Waals surface area contributed by atoms with Gasteiger partial charge in [0.25, 0.3) is 0 Å². The standard InChI is InChI=1S/C37H57N3O4S/c1-6-8-18-36(19-9-7-2)28-45(5,42,43)33-17-14-30(38(3)4)26-32(33)34(35(36)41)29-12-15-31(16-13-29)44-25-11-10-22-40-23-20-37(40)27-39(37)21-24-40/h12-17,26,34-35,41H,6-11,18-25,27-28H2,1-5H3/p+1/t34-,35-,37?,39?,40?/m1/s1. The van der Waals surface area contributed by atoms with Crippen molar-refractivity contribution in [2.24, 2.45) is 5.41 Å². The van der Waals surface area contributed by atoms with Gasteiger partial charge < -0.3 is 19.2 Å². The van der Waals surface area contributed by atoms with E-state index < -0.39 is 26.8 Å². The number of fused-ring (bicyclic) bond motifs is 1. The lowest BCUT2D eigenvalue weighted by Gasteiger charge is -2.50. The van der Waals surface area contributed by atoms with E-state index >= 15 is 0 Å². The molecule has 3 fully saturated rings. The number of hydrogen-bond donors (Lipinski definition) is 2. The van der Waals surface area contributed by atoms with Crippen molar-refractivity contribution in [3.8, 4) is 5.75 Å². The Morgan fingerprint density at radius 2 is 1.73 bits per heavy atom. The molecule has 0 saturated carbocycles. The van der Waals surface area contributed by atoms with E-state index in [1.165, 1.54) is 50.0 Å². The van der Waals surface area contributed by atoms with E-state index in [2.05, 4.69) is 30.9 Å². The highest BCUT2D eigenvalue weighted by Crippen LogP contribution is 2.57. The van der Waals surface area contributed by atoms with Gasteiger partial charge in [-0.1, -0.05) is 51.7 Å². The number of anilines is 1. The zero-order valence-corrected chi connectivity index (χ0v) is 29.3. The maximum Gasteiger partial charge on any atom is 0.174 e. The van der Waals surface area contributed by atoms with Gasteiger partial charge in [-0.15, -0.1) is 0 Å². The highest BCUT2D eigenvalue weighted by atomic mass is 32.3. The van der Waals surface area contributed by atoms with Crippen molar-refractivity contribution in [2.75, 3.05) is 70.3 Å². The van der Waals surface area contributed by atoms with Crippen LogP contribution in [0.3, 0.4) is 0 Å². The smallest absolute Gasteiger partial charge is 0.174 e. The number of quaternary nitrogens is 1. The molecule has 0 aliphatic carbocycles. The minimum Gasteiger partial charge on any atom is -0.494 e. The second-order valence-electron chi connectivity index (χ2n) is 15.3. The monoisotopic (exact) mass is 640 g/mol. The average molecular weight is 641 g/mol. The Balaban J connectivity index is 1.25. The number of benzene rings is 2. The van der Waals surface area contributed by atoms with E-state index in [1.807, 2.05) is 49.3 Å². The molecule has 6 rings (SSSR count). The molecule has 2 aromatic carbocycles. The molecule has 4 aliphatic rings. The molecule has 7 nitrogen and oxygen atoms in total. The average Bonchev–Trinajstić information content (AvgIpc) is 3.73. The van der Waals surface area contributed by atoms with Gasteiger partial charge in [-0.25, -0.2) is 9.11 Å².